The van der Waals surface area contributed by atoms with Gasteiger partial charge in [0.05, 0.1) is 5.69 Å². The second-order valence-electron chi connectivity index (χ2n) is 7.83. The highest BCUT2D eigenvalue weighted by atomic mass is 16.2. The molecule has 1 fully saturated rings. The molecule has 7 heteroatoms. The fourth-order valence-corrected chi connectivity index (χ4v) is 3.68. The molecule has 0 atom stereocenters. The van der Waals surface area contributed by atoms with Crippen LogP contribution in [0.15, 0.2) is 42.7 Å². The predicted molar refractivity (Wildman–Crippen MR) is 117 cm³/mol. The second-order valence-corrected chi connectivity index (χ2v) is 7.83. The summed E-state index contributed by atoms with van der Waals surface area (Å²) in [5, 5.41) is 4.73. The van der Waals surface area contributed by atoms with Gasteiger partial charge in [-0.1, -0.05) is 36.8 Å². The van der Waals surface area contributed by atoms with E-state index in [1.165, 1.54) is 5.56 Å². The summed E-state index contributed by atoms with van der Waals surface area (Å²) >= 11 is 0. The van der Waals surface area contributed by atoms with Gasteiger partial charge in [-0.05, 0) is 31.9 Å². The van der Waals surface area contributed by atoms with Gasteiger partial charge in [0, 0.05) is 49.8 Å². The minimum Gasteiger partial charge on any atom is -0.338 e. The van der Waals surface area contributed by atoms with E-state index in [9.17, 15) is 4.79 Å². The molecule has 1 aromatic carbocycles. The molecule has 4 rings (SSSR count). The quantitative estimate of drug-likeness (QED) is 0.654. The molecule has 156 valence electrons. The van der Waals surface area contributed by atoms with Gasteiger partial charge in [-0.2, -0.15) is 5.10 Å². The fraction of sp³-hybridized carbons (Fsp3) is 0.391. The lowest BCUT2D eigenvalue weighted by molar-refractivity contribution is -0.132. The maximum Gasteiger partial charge on any atom is 0.244 e. The average Bonchev–Trinajstić information content (AvgIpc) is 3.17. The van der Waals surface area contributed by atoms with Crippen molar-refractivity contribution in [3.8, 4) is 11.3 Å². The van der Waals surface area contributed by atoms with Crippen LogP contribution in [0.1, 0.15) is 23.7 Å². The number of aryl methyl sites for hydroxylation is 3. The molecule has 1 saturated heterocycles. The first kappa shape index (κ1) is 20.1. The van der Waals surface area contributed by atoms with E-state index in [-0.39, 0.29) is 12.5 Å². The highest BCUT2D eigenvalue weighted by Crippen LogP contribution is 2.20. The van der Waals surface area contributed by atoms with Crippen LogP contribution < -0.4 is 4.90 Å². The second kappa shape index (κ2) is 8.65. The number of amides is 1. The lowest BCUT2D eigenvalue weighted by Gasteiger charge is -2.34. The Kier molecular flexibility index (Phi) is 5.79. The smallest absolute Gasteiger partial charge is 0.244 e. The Bertz CT molecular complexity index is 1000. The van der Waals surface area contributed by atoms with Crippen LogP contribution in [0.25, 0.3) is 11.3 Å². The molecule has 0 N–H and O–H groups in total. The number of aromatic nitrogens is 4. The molecule has 3 heterocycles. The van der Waals surface area contributed by atoms with Crippen LogP contribution in [0.4, 0.5) is 5.95 Å². The zero-order valence-electron chi connectivity index (χ0n) is 17.9. The van der Waals surface area contributed by atoms with Gasteiger partial charge in [0.1, 0.15) is 6.54 Å². The van der Waals surface area contributed by atoms with Crippen molar-refractivity contribution in [1.29, 1.82) is 0 Å². The standard InChI is InChI=1S/C23H28N6O/c1-4-20-13-21(19-7-5-17(2)6-8-19)26-29(20)16-22(30)27-9-11-28(12-10-27)23-24-14-18(3)15-25-23/h5-8,13-15H,4,9-12,16H2,1-3H3. The minimum absolute atomic E-state index is 0.104. The van der Waals surface area contributed by atoms with Crippen molar-refractivity contribution in [2.75, 3.05) is 31.1 Å². The van der Waals surface area contributed by atoms with Crippen LogP contribution in [-0.4, -0.2) is 56.7 Å². The van der Waals surface area contributed by atoms with E-state index in [0.717, 1.165) is 48.0 Å². The van der Waals surface area contributed by atoms with Crippen molar-refractivity contribution in [3.05, 3.63) is 59.5 Å². The third-order valence-electron chi connectivity index (χ3n) is 5.54. The van der Waals surface area contributed by atoms with E-state index in [0.29, 0.717) is 13.1 Å². The number of carbonyl (C=O) groups is 1. The summed E-state index contributed by atoms with van der Waals surface area (Å²) in [4.78, 5) is 25.8. The molecule has 1 amide bonds. The summed E-state index contributed by atoms with van der Waals surface area (Å²) in [5.41, 5.74) is 5.34. The topological polar surface area (TPSA) is 67.2 Å². The highest BCUT2D eigenvalue weighted by Gasteiger charge is 2.23. The SMILES string of the molecule is CCc1cc(-c2ccc(C)cc2)nn1CC(=O)N1CCN(c2ncc(C)cn2)CC1. The number of piperazine rings is 1. The summed E-state index contributed by atoms with van der Waals surface area (Å²) in [6.45, 7) is 9.24. The van der Waals surface area contributed by atoms with E-state index < -0.39 is 0 Å². The molecule has 30 heavy (non-hydrogen) atoms. The van der Waals surface area contributed by atoms with Gasteiger partial charge in [0.2, 0.25) is 11.9 Å². The first-order valence-electron chi connectivity index (χ1n) is 10.5. The van der Waals surface area contributed by atoms with E-state index in [1.807, 2.05) is 28.9 Å². The molecule has 3 aromatic rings. The monoisotopic (exact) mass is 404 g/mol. The van der Waals surface area contributed by atoms with E-state index in [1.54, 1.807) is 0 Å². The van der Waals surface area contributed by atoms with Crippen LogP contribution in [0.2, 0.25) is 0 Å². The van der Waals surface area contributed by atoms with Gasteiger partial charge in [-0.15, -0.1) is 0 Å². The third-order valence-corrected chi connectivity index (χ3v) is 5.54. The maximum absolute atomic E-state index is 12.9. The zero-order valence-corrected chi connectivity index (χ0v) is 17.9. The largest absolute Gasteiger partial charge is 0.338 e. The number of carbonyl (C=O) groups excluding carboxylic acids is 1. The first-order chi connectivity index (χ1) is 14.5. The summed E-state index contributed by atoms with van der Waals surface area (Å²) < 4.78 is 1.85. The van der Waals surface area contributed by atoms with Crippen molar-refractivity contribution in [1.82, 2.24) is 24.6 Å². The molecule has 1 aliphatic heterocycles. The summed E-state index contributed by atoms with van der Waals surface area (Å²) in [6.07, 6.45) is 4.50. The lowest BCUT2D eigenvalue weighted by atomic mass is 10.1. The average molecular weight is 405 g/mol. The van der Waals surface area contributed by atoms with Crippen molar-refractivity contribution < 1.29 is 4.79 Å². The zero-order chi connectivity index (χ0) is 21.1. The molecule has 0 bridgehead atoms. The summed E-state index contributed by atoms with van der Waals surface area (Å²) in [6, 6.07) is 10.4. The first-order valence-corrected chi connectivity index (χ1v) is 10.5. The van der Waals surface area contributed by atoms with Gasteiger partial charge in [-0.3, -0.25) is 9.48 Å². The number of hydrogen-bond donors (Lipinski definition) is 0. The van der Waals surface area contributed by atoms with Gasteiger partial charge >= 0.3 is 0 Å². The van der Waals surface area contributed by atoms with E-state index in [4.69, 9.17) is 5.10 Å². The van der Waals surface area contributed by atoms with Crippen molar-refractivity contribution >= 4 is 11.9 Å². The normalized spacial score (nSPS) is 14.2. The molecular formula is C23H28N6O. The molecular weight excluding hydrogens is 376 g/mol. The Morgan fingerprint density at radius 1 is 0.967 bits per heavy atom. The van der Waals surface area contributed by atoms with Gasteiger partial charge in [0.15, 0.2) is 0 Å². The Morgan fingerprint density at radius 3 is 2.27 bits per heavy atom. The molecule has 1 aliphatic rings. The van der Waals surface area contributed by atoms with Crippen LogP contribution in [-0.2, 0) is 17.8 Å². The molecule has 0 unspecified atom stereocenters. The maximum atomic E-state index is 12.9. The Balaban J connectivity index is 1.40. The van der Waals surface area contributed by atoms with Crippen LogP contribution in [0.3, 0.4) is 0 Å². The molecule has 0 saturated carbocycles. The predicted octanol–water partition coefficient (Wildman–Crippen LogP) is 2.87. The third kappa shape index (κ3) is 4.35. The molecule has 7 nitrogen and oxygen atoms in total. The van der Waals surface area contributed by atoms with Crippen LogP contribution >= 0.6 is 0 Å². The van der Waals surface area contributed by atoms with Crippen molar-refractivity contribution in [2.24, 2.45) is 0 Å². The Hall–Kier alpha value is -3.22. The highest BCUT2D eigenvalue weighted by molar-refractivity contribution is 5.76. The molecule has 2 aromatic heterocycles. The number of nitrogens with zero attached hydrogens (tertiary/aromatic N) is 6. The number of hydrogen-bond acceptors (Lipinski definition) is 5. The minimum atomic E-state index is 0.104. The Morgan fingerprint density at radius 2 is 1.63 bits per heavy atom. The molecule has 0 aliphatic carbocycles. The van der Waals surface area contributed by atoms with Crippen molar-refractivity contribution in [2.45, 2.75) is 33.7 Å². The van der Waals surface area contributed by atoms with Crippen LogP contribution in [0, 0.1) is 13.8 Å². The van der Waals surface area contributed by atoms with Gasteiger partial charge in [0.25, 0.3) is 0 Å². The molecule has 0 radical (unpaired) electrons. The van der Waals surface area contributed by atoms with E-state index >= 15 is 0 Å². The molecule has 0 spiro atoms. The van der Waals surface area contributed by atoms with Gasteiger partial charge in [-0.25, -0.2) is 9.97 Å². The Labute approximate surface area is 177 Å². The van der Waals surface area contributed by atoms with E-state index in [2.05, 4.69) is 59.0 Å². The fourth-order valence-electron chi connectivity index (χ4n) is 3.68. The summed E-state index contributed by atoms with van der Waals surface area (Å²) in [5.74, 6) is 0.837. The van der Waals surface area contributed by atoms with Crippen molar-refractivity contribution in [3.63, 3.8) is 0 Å². The summed E-state index contributed by atoms with van der Waals surface area (Å²) in [7, 11) is 0. The number of rotatable bonds is 5. The van der Waals surface area contributed by atoms with Crippen LogP contribution in [0.5, 0.6) is 0 Å². The van der Waals surface area contributed by atoms with Gasteiger partial charge < -0.3 is 9.80 Å². The lowest BCUT2D eigenvalue weighted by Crippen LogP contribution is -2.50. The number of benzene rings is 1. The number of anilines is 1.